The van der Waals surface area contributed by atoms with Crippen molar-refractivity contribution < 1.29 is 14.3 Å². The Labute approximate surface area is 194 Å². The van der Waals surface area contributed by atoms with Gasteiger partial charge in [-0.1, -0.05) is 59.6 Å². The summed E-state index contributed by atoms with van der Waals surface area (Å²) in [7, 11) is 0. The lowest BCUT2D eigenvalue weighted by Gasteiger charge is -2.30. The van der Waals surface area contributed by atoms with Crippen LogP contribution in [0, 0.1) is 20.8 Å². The average Bonchev–Trinajstić information content (AvgIpc) is 2.75. The van der Waals surface area contributed by atoms with Crippen LogP contribution in [-0.2, 0) is 16.1 Å². The Hall–Kier alpha value is -2.34. The van der Waals surface area contributed by atoms with E-state index in [0.29, 0.717) is 25.3 Å². The number of nitrogens with zero attached hydrogens (tertiary/aromatic N) is 1. The van der Waals surface area contributed by atoms with E-state index in [1.807, 2.05) is 71.0 Å². The molecule has 31 heavy (non-hydrogen) atoms. The zero-order chi connectivity index (χ0) is 23.0. The minimum Gasteiger partial charge on any atom is -0.484 e. The van der Waals surface area contributed by atoms with Gasteiger partial charge in [-0.25, -0.2) is 0 Å². The second-order valence-corrected chi connectivity index (χ2v) is 8.68. The van der Waals surface area contributed by atoms with Gasteiger partial charge >= 0.3 is 0 Å². The zero-order valence-corrected chi connectivity index (χ0v) is 20.7. The van der Waals surface area contributed by atoms with E-state index in [2.05, 4.69) is 21.2 Å². The number of carbonyl (C=O) groups excluding carboxylic acids is 2. The van der Waals surface area contributed by atoms with E-state index < -0.39 is 6.04 Å². The summed E-state index contributed by atoms with van der Waals surface area (Å²) in [6.07, 6.45) is 1.38. The van der Waals surface area contributed by atoms with Gasteiger partial charge in [-0.15, -0.1) is 0 Å². The maximum Gasteiger partial charge on any atom is 0.261 e. The van der Waals surface area contributed by atoms with Gasteiger partial charge in [0.25, 0.3) is 5.91 Å². The first kappa shape index (κ1) is 24.9. The first-order valence-corrected chi connectivity index (χ1v) is 11.6. The molecule has 5 nitrogen and oxygen atoms in total. The number of nitrogens with one attached hydrogen (secondary N) is 1. The van der Waals surface area contributed by atoms with Crippen LogP contribution in [0.4, 0.5) is 0 Å². The van der Waals surface area contributed by atoms with Gasteiger partial charge in [0.05, 0.1) is 0 Å². The van der Waals surface area contributed by atoms with Crippen LogP contribution in [0.15, 0.2) is 40.9 Å². The number of ether oxygens (including phenoxy) is 1. The lowest BCUT2D eigenvalue weighted by atomic mass is 10.1. The van der Waals surface area contributed by atoms with Crippen LogP contribution in [0.25, 0.3) is 0 Å². The molecule has 0 saturated carbocycles. The van der Waals surface area contributed by atoms with Gasteiger partial charge in [0, 0.05) is 17.6 Å². The normalized spacial score (nSPS) is 11.7. The van der Waals surface area contributed by atoms with E-state index >= 15 is 0 Å². The highest BCUT2D eigenvalue weighted by atomic mass is 79.9. The molecule has 0 unspecified atom stereocenters. The summed E-state index contributed by atoms with van der Waals surface area (Å²) in [5, 5.41) is 2.93. The molecule has 2 rings (SSSR count). The molecule has 0 aliphatic carbocycles. The summed E-state index contributed by atoms with van der Waals surface area (Å²) in [6, 6.07) is 11.3. The molecule has 0 bridgehead atoms. The second kappa shape index (κ2) is 11.9. The fraction of sp³-hybridized carbons (Fsp3) is 0.440. The molecule has 0 aliphatic rings. The van der Waals surface area contributed by atoms with E-state index in [-0.39, 0.29) is 18.4 Å². The van der Waals surface area contributed by atoms with Crippen molar-refractivity contribution in [1.82, 2.24) is 10.2 Å². The van der Waals surface area contributed by atoms with Gasteiger partial charge in [0.2, 0.25) is 5.91 Å². The largest absolute Gasteiger partial charge is 0.484 e. The maximum absolute atomic E-state index is 13.2. The van der Waals surface area contributed by atoms with E-state index in [1.54, 1.807) is 4.90 Å². The van der Waals surface area contributed by atoms with Gasteiger partial charge in [-0.05, 0) is 62.4 Å². The molecule has 0 aliphatic heterocycles. The fourth-order valence-corrected chi connectivity index (χ4v) is 3.62. The first-order chi connectivity index (χ1) is 14.8. The lowest BCUT2D eigenvalue weighted by Crippen LogP contribution is -2.50. The average molecular weight is 489 g/mol. The molecule has 2 aromatic rings. The number of aryl methyl sites for hydroxylation is 3. The summed E-state index contributed by atoms with van der Waals surface area (Å²) in [5.74, 6) is 0.308. The van der Waals surface area contributed by atoms with Gasteiger partial charge in [-0.3, -0.25) is 9.59 Å². The molecule has 0 radical (unpaired) electrons. The van der Waals surface area contributed by atoms with Gasteiger partial charge in [-0.2, -0.15) is 0 Å². The highest BCUT2D eigenvalue weighted by Crippen LogP contribution is 2.26. The molecule has 0 spiro atoms. The van der Waals surface area contributed by atoms with Crippen molar-refractivity contribution in [2.24, 2.45) is 0 Å². The third-order valence-corrected chi connectivity index (χ3v) is 6.43. The molecule has 1 N–H and O–H groups in total. The predicted molar refractivity (Wildman–Crippen MR) is 128 cm³/mol. The van der Waals surface area contributed by atoms with E-state index in [4.69, 9.17) is 4.74 Å². The van der Waals surface area contributed by atoms with Gasteiger partial charge < -0.3 is 15.0 Å². The SMILES string of the molecule is CCCNC(=O)[C@@H](CC)N(Cc1ccc(C)cc1)C(=O)COc1cc(C)c(Br)c(C)c1. The van der Waals surface area contributed by atoms with Gasteiger partial charge in [0.15, 0.2) is 6.61 Å². The number of amides is 2. The van der Waals surface area contributed by atoms with Crippen molar-refractivity contribution in [2.75, 3.05) is 13.2 Å². The molecule has 0 fully saturated rings. The van der Waals surface area contributed by atoms with Crippen molar-refractivity contribution in [3.05, 3.63) is 63.1 Å². The molecule has 0 aromatic heterocycles. The Morgan fingerprint density at radius 1 is 1.06 bits per heavy atom. The van der Waals surface area contributed by atoms with Gasteiger partial charge in [0.1, 0.15) is 11.8 Å². The summed E-state index contributed by atoms with van der Waals surface area (Å²) in [6.45, 7) is 10.8. The van der Waals surface area contributed by atoms with Crippen LogP contribution in [0.1, 0.15) is 48.9 Å². The summed E-state index contributed by atoms with van der Waals surface area (Å²) >= 11 is 3.55. The highest BCUT2D eigenvalue weighted by Gasteiger charge is 2.28. The number of halogens is 1. The summed E-state index contributed by atoms with van der Waals surface area (Å²) < 4.78 is 6.87. The van der Waals surface area contributed by atoms with E-state index in [0.717, 1.165) is 33.1 Å². The highest BCUT2D eigenvalue weighted by molar-refractivity contribution is 9.10. The van der Waals surface area contributed by atoms with Crippen molar-refractivity contribution in [2.45, 2.75) is 60.0 Å². The third kappa shape index (κ3) is 7.10. The van der Waals surface area contributed by atoms with Crippen LogP contribution in [0.2, 0.25) is 0 Å². The quantitative estimate of drug-likeness (QED) is 0.506. The number of benzene rings is 2. The van der Waals surface area contributed by atoms with Crippen molar-refractivity contribution in [1.29, 1.82) is 0 Å². The smallest absolute Gasteiger partial charge is 0.261 e. The van der Waals surface area contributed by atoms with Crippen LogP contribution in [0.3, 0.4) is 0 Å². The Balaban J connectivity index is 2.21. The second-order valence-electron chi connectivity index (χ2n) is 7.88. The van der Waals surface area contributed by atoms with Crippen molar-refractivity contribution >= 4 is 27.7 Å². The molecule has 0 saturated heterocycles. The first-order valence-electron chi connectivity index (χ1n) is 10.8. The summed E-state index contributed by atoms with van der Waals surface area (Å²) in [5.41, 5.74) is 4.23. The zero-order valence-electron chi connectivity index (χ0n) is 19.1. The van der Waals surface area contributed by atoms with E-state index in [1.165, 1.54) is 0 Å². The Morgan fingerprint density at radius 3 is 2.23 bits per heavy atom. The third-order valence-electron chi connectivity index (χ3n) is 5.18. The molecule has 0 heterocycles. The summed E-state index contributed by atoms with van der Waals surface area (Å²) in [4.78, 5) is 27.6. The number of hydrogen-bond acceptors (Lipinski definition) is 3. The van der Waals surface area contributed by atoms with Crippen molar-refractivity contribution in [3.63, 3.8) is 0 Å². The van der Waals surface area contributed by atoms with Crippen LogP contribution < -0.4 is 10.1 Å². The molecule has 168 valence electrons. The Bertz CT molecular complexity index is 873. The minimum absolute atomic E-state index is 0.121. The van der Waals surface area contributed by atoms with Crippen LogP contribution >= 0.6 is 15.9 Å². The molecule has 6 heteroatoms. The monoisotopic (exact) mass is 488 g/mol. The Morgan fingerprint density at radius 2 is 1.68 bits per heavy atom. The van der Waals surface area contributed by atoms with Crippen LogP contribution in [0.5, 0.6) is 5.75 Å². The number of carbonyl (C=O) groups is 2. The lowest BCUT2D eigenvalue weighted by molar-refractivity contribution is -0.143. The Kier molecular flexibility index (Phi) is 9.56. The maximum atomic E-state index is 13.2. The number of hydrogen-bond donors (Lipinski definition) is 1. The molecular weight excluding hydrogens is 456 g/mol. The number of rotatable bonds is 10. The van der Waals surface area contributed by atoms with Crippen LogP contribution in [-0.4, -0.2) is 35.9 Å². The molecule has 1 atom stereocenters. The predicted octanol–water partition coefficient (Wildman–Crippen LogP) is 5.09. The fourth-order valence-electron chi connectivity index (χ4n) is 3.39. The molecule has 2 amide bonds. The molecular formula is C25H33BrN2O3. The van der Waals surface area contributed by atoms with Crippen molar-refractivity contribution in [3.8, 4) is 5.75 Å². The van der Waals surface area contributed by atoms with E-state index in [9.17, 15) is 9.59 Å². The molecule has 2 aromatic carbocycles. The minimum atomic E-state index is -0.544. The topological polar surface area (TPSA) is 58.6 Å². The standard InChI is InChI=1S/C25H33BrN2O3/c1-6-12-27-25(30)22(7-2)28(15-20-10-8-17(3)9-11-20)23(29)16-31-21-13-18(4)24(26)19(5)14-21/h8-11,13-14,22H,6-7,12,15-16H2,1-5H3,(H,27,30)/t22-/m1/s1.